The molecule has 0 radical (unpaired) electrons. The molecule has 2 aromatic heterocycles. The first-order valence-corrected chi connectivity index (χ1v) is 8.47. The fourth-order valence-corrected chi connectivity index (χ4v) is 2.99. The van der Waals surface area contributed by atoms with Crippen molar-refractivity contribution >= 4 is 22.5 Å². The van der Waals surface area contributed by atoms with Crippen molar-refractivity contribution in [2.75, 3.05) is 5.32 Å². The Balaban J connectivity index is 2.02. The zero-order valence-corrected chi connectivity index (χ0v) is 14.8. The molecule has 0 bridgehead atoms. The van der Waals surface area contributed by atoms with E-state index in [0.717, 1.165) is 11.8 Å². The van der Waals surface area contributed by atoms with E-state index in [4.69, 9.17) is 5.26 Å². The summed E-state index contributed by atoms with van der Waals surface area (Å²) in [6, 6.07) is 15.4. The number of anilines is 2. The van der Waals surface area contributed by atoms with Crippen LogP contribution in [0.1, 0.15) is 11.1 Å². The Bertz CT molecular complexity index is 1310. The second kappa shape index (κ2) is 6.93. The quantitative estimate of drug-likeness (QED) is 0.591. The SMILES string of the molecule is Cc1ccccc1-n1c(Nc2cncc(F)c2)nc2ccc(C#N)cc2c1=O. The second-order valence-electron chi connectivity index (χ2n) is 6.22. The maximum absolute atomic E-state index is 13.6. The number of nitrogens with zero attached hydrogens (tertiary/aromatic N) is 4. The number of aryl methyl sites for hydroxylation is 1. The summed E-state index contributed by atoms with van der Waals surface area (Å²) >= 11 is 0. The molecule has 136 valence electrons. The van der Waals surface area contributed by atoms with Gasteiger partial charge in [0.1, 0.15) is 5.82 Å². The van der Waals surface area contributed by atoms with E-state index in [-0.39, 0.29) is 11.5 Å². The lowest BCUT2D eigenvalue weighted by molar-refractivity contribution is 0.622. The van der Waals surface area contributed by atoms with Crippen molar-refractivity contribution in [3.63, 3.8) is 0 Å². The molecule has 0 saturated carbocycles. The van der Waals surface area contributed by atoms with E-state index in [9.17, 15) is 9.18 Å². The van der Waals surface area contributed by atoms with Crippen LogP contribution in [0.15, 0.2) is 65.7 Å². The van der Waals surface area contributed by atoms with E-state index in [1.165, 1.54) is 22.9 Å². The average molecular weight is 371 g/mol. The summed E-state index contributed by atoms with van der Waals surface area (Å²) in [6.07, 6.45) is 2.54. The van der Waals surface area contributed by atoms with Gasteiger partial charge in [0.15, 0.2) is 0 Å². The van der Waals surface area contributed by atoms with Gasteiger partial charge in [0.2, 0.25) is 5.95 Å². The lowest BCUT2D eigenvalue weighted by atomic mass is 10.1. The monoisotopic (exact) mass is 371 g/mol. The second-order valence-corrected chi connectivity index (χ2v) is 6.22. The van der Waals surface area contributed by atoms with E-state index >= 15 is 0 Å². The highest BCUT2D eigenvalue weighted by atomic mass is 19.1. The predicted molar refractivity (Wildman–Crippen MR) is 104 cm³/mol. The fourth-order valence-electron chi connectivity index (χ4n) is 2.99. The molecule has 4 aromatic rings. The number of fused-ring (bicyclic) bond motifs is 1. The molecule has 2 aromatic carbocycles. The van der Waals surface area contributed by atoms with Gasteiger partial charge in [-0.3, -0.25) is 9.78 Å². The van der Waals surface area contributed by atoms with Gasteiger partial charge >= 0.3 is 0 Å². The van der Waals surface area contributed by atoms with E-state index in [0.29, 0.717) is 27.8 Å². The third kappa shape index (κ3) is 3.08. The van der Waals surface area contributed by atoms with Gasteiger partial charge in [-0.05, 0) is 36.8 Å². The first kappa shape index (κ1) is 17.4. The van der Waals surface area contributed by atoms with Crippen LogP contribution in [0.4, 0.5) is 16.0 Å². The first-order chi connectivity index (χ1) is 13.6. The van der Waals surface area contributed by atoms with Crippen molar-refractivity contribution in [1.29, 1.82) is 5.26 Å². The van der Waals surface area contributed by atoms with Crippen LogP contribution in [-0.4, -0.2) is 14.5 Å². The largest absolute Gasteiger partial charge is 0.324 e. The standard InChI is InChI=1S/C21H14FN5O/c1-13-4-2-3-5-19(13)27-20(28)17-8-14(10-23)6-7-18(17)26-21(27)25-16-9-15(22)11-24-12-16/h2-9,11-12H,1H3,(H,25,26). The molecule has 4 rings (SSSR count). The van der Waals surface area contributed by atoms with E-state index in [2.05, 4.69) is 15.3 Å². The summed E-state index contributed by atoms with van der Waals surface area (Å²) in [5.74, 6) is -0.279. The Kier molecular flexibility index (Phi) is 4.30. The number of benzene rings is 2. The fraction of sp³-hybridized carbons (Fsp3) is 0.0476. The normalized spacial score (nSPS) is 10.6. The van der Waals surface area contributed by atoms with Crippen LogP contribution in [0, 0.1) is 24.1 Å². The van der Waals surface area contributed by atoms with Crippen LogP contribution in [0.3, 0.4) is 0 Å². The highest BCUT2D eigenvalue weighted by molar-refractivity contribution is 5.81. The van der Waals surface area contributed by atoms with Crippen LogP contribution < -0.4 is 10.9 Å². The molecule has 0 unspecified atom stereocenters. The number of hydrogen-bond acceptors (Lipinski definition) is 5. The maximum Gasteiger partial charge on any atom is 0.267 e. The summed E-state index contributed by atoms with van der Waals surface area (Å²) in [5, 5.41) is 12.5. The number of hydrogen-bond donors (Lipinski definition) is 1. The topological polar surface area (TPSA) is 83.6 Å². The number of halogens is 1. The third-order valence-corrected chi connectivity index (χ3v) is 4.31. The van der Waals surface area contributed by atoms with E-state index < -0.39 is 5.82 Å². The van der Waals surface area contributed by atoms with Gasteiger partial charge in [0.25, 0.3) is 5.56 Å². The maximum atomic E-state index is 13.6. The molecule has 7 heteroatoms. The molecule has 0 aliphatic rings. The molecule has 6 nitrogen and oxygen atoms in total. The summed E-state index contributed by atoms with van der Waals surface area (Å²) < 4.78 is 15.0. The van der Waals surface area contributed by atoms with Crippen molar-refractivity contribution in [3.05, 3.63) is 88.2 Å². The molecule has 0 amide bonds. The van der Waals surface area contributed by atoms with Crippen molar-refractivity contribution in [2.24, 2.45) is 0 Å². The van der Waals surface area contributed by atoms with E-state index in [1.807, 2.05) is 31.2 Å². The van der Waals surface area contributed by atoms with Gasteiger partial charge in [0.05, 0.1) is 46.3 Å². The number of para-hydroxylation sites is 1. The number of nitrogens with one attached hydrogen (secondary N) is 1. The highest BCUT2D eigenvalue weighted by Gasteiger charge is 2.15. The highest BCUT2D eigenvalue weighted by Crippen LogP contribution is 2.22. The van der Waals surface area contributed by atoms with Crippen molar-refractivity contribution in [1.82, 2.24) is 14.5 Å². The Morgan fingerprint density at radius 3 is 2.71 bits per heavy atom. The molecular weight excluding hydrogens is 357 g/mol. The van der Waals surface area contributed by atoms with Crippen LogP contribution >= 0.6 is 0 Å². The molecular formula is C21H14FN5O. The molecule has 0 spiro atoms. The summed E-state index contributed by atoms with van der Waals surface area (Å²) in [7, 11) is 0. The lowest BCUT2D eigenvalue weighted by Crippen LogP contribution is -2.23. The molecule has 28 heavy (non-hydrogen) atoms. The zero-order valence-electron chi connectivity index (χ0n) is 14.8. The van der Waals surface area contributed by atoms with Gasteiger partial charge in [-0.15, -0.1) is 0 Å². The molecule has 0 aliphatic heterocycles. The smallest absolute Gasteiger partial charge is 0.267 e. The van der Waals surface area contributed by atoms with E-state index in [1.54, 1.807) is 18.2 Å². The van der Waals surface area contributed by atoms with Gasteiger partial charge in [-0.2, -0.15) is 5.26 Å². The molecule has 0 fully saturated rings. The summed E-state index contributed by atoms with van der Waals surface area (Å²) in [6.45, 7) is 1.88. The Labute approximate surface area is 159 Å². The van der Waals surface area contributed by atoms with Crippen LogP contribution in [-0.2, 0) is 0 Å². The van der Waals surface area contributed by atoms with Crippen molar-refractivity contribution in [3.8, 4) is 11.8 Å². The van der Waals surface area contributed by atoms with Crippen molar-refractivity contribution in [2.45, 2.75) is 6.92 Å². The first-order valence-electron chi connectivity index (χ1n) is 8.47. The van der Waals surface area contributed by atoms with Crippen molar-refractivity contribution < 1.29 is 4.39 Å². The lowest BCUT2D eigenvalue weighted by Gasteiger charge is -2.16. The molecule has 0 saturated heterocycles. The minimum Gasteiger partial charge on any atom is -0.324 e. The minimum atomic E-state index is -0.505. The predicted octanol–water partition coefficient (Wildman–Crippen LogP) is 3.84. The van der Waals surface area contributed by atoms with Gasteiger partial charge in [-0.25, -0.2) is 13.9 Å². The number of pyridine rings is 1. The van der Waals surface area contributed by atoms with Crippen LogP contribution in [0.25, 0.3) is 16.6 Å². The molecule has 0 aliphatic carbocycles. The molecule has 0 atom stereocenters. The van der Waals surface area contributed by atoms with Gasteiger partial charge in [0, 0.05) is 6.07 Å². The molecule has 2 heterocycles. The Morgan fingerprint density at radius 2 is 1.96 bits per heavy atom. The summed E-state index contributed by atoms with van der Waals surface area (Å²) in [4.78, 5) is 21.7. The Morgan fingerprint density at radius 1 is 1.14 bits per heavy atom. The third-order valence-electron chi connectivity index (χ3n) is 4.31. The minimum absolute atomic E-state index is 0.226. The van der Waals surface area contributed by atoms with Gasteiger partial charge < -0.3 is 5.32 Å². The number of nitriles is 1. The summed E-state index contributed by atoms with van der Waals surface area (Å²) in [5.41, 5.74) is 2.34. The van der Waals surface area contributed by atoms with Crippen LogP contribution in [0.2, 0.25) is 0 Å². The Hall–Kier alpha value is -4.05. The molecule has 1 N–H and O–H groups in total. The number of rotatable bonds is 3. The van der Waals surface area contributed by atoms with Crippen LogP contribution in [0.5, 0.6) is 0 Å². The zero-order chi connectivity index (χ0) is 19.7. The number of aromatic nitrogens is 3. The average Bonchev–Trinajstić information content (AvgIpc) is 2.69. The van der Waals surface area contributed by atoms with Gasteiger partial charge in [-0.1, -0.05) is 18.2 Å².